The monoisotopic (exact) mass is 598 g/mol. The summed E-state index contributed by atoms with van der Waals surface area (Å²) in [6, 6.07) is 10.4. The van der Waals surface area contributed by atoms with Crippen LogP contribution in [0.4, 0.5) is 4.39 Å². The molecule has 1 fully saturated rings. The van der Waals surface area contributed by atoms with Gasteiger partial charge in [0.2, 0.25) is 0 Å². The molecule has 44 heavy (non-hydrogen) atoms. The molecule has 1 aliphatic carbocycles. The van der Waals surface area contributed by atoms with Gasteiger partial charge in [-0.2, -0.15) is 0 Å². The summed E-state index contributed by atoms with van der Waals surface area (Å²) in [5.74, 6) is 0.590. The highest BCUT2D eigenvalue weighted by molar-refractivity contribution is 6.12. The van der Waals surface area contributed by atoms with Crippen LogP contribution in [-0.4, -0.2) is 23.7 Å². The van der Waals surface area contributed by atoms with Gasteiger partial charge in [-0.3, -0.25) is 9.78 Å². The molecule has 2 N–H and O–H groups in total. The van der Waals surface area contributed by atoms with Gasteiger partial charge >= 0.3 is 0 Å². The number of nitrogens with two attached hydrogens (primary N) is 1. The molecule has 1 aliphatic rings. The van der Waals surface area contributed by atoms with Crippen molar-refractivity contribution in [3.8, 4) is 16.9 Å². The zero-order valence-corrected chi connectivity index (χ0v) is 27.4. The molecule has 1 amide bonds. The predicted octanol–water partition coefficient (Wildman–Crippen LogP) is 10.0. The van der Waals surface area contributed by atoms with Gasteiger partial charge in [-0.1, -0.05) is 76.1 Å². The Morgan fingerprint density at radius 3 is 2.66 bits per heavy atom. The van der Waals surface area contributed by atoms with Crippen molar-refractivity contribution in [3.63, 3.8) is 0 Å². The van der Waals surface area contributed by atoms with Crippen molar-refractivity contribution in [1.29, 1.82) is 0 Å². The summed E-state index contributed by atoms with van der Waals surface area (Å²) in [7, 11) is 0. The first-order chi connectivity index (χ1) is 21.1. The molecule has 4 atom stereocenters. The number of benzene rings is 2. The van der Waals surface area contributed by atoms with E-state index in [2.05, 4.69) is 69.6 Å². The van der Waals surface area contributed by atoms with E-state index >= 15 is 0 Å². The van der Waals surface area contributed by atoms with Crippen molar-refractivity contribution in [1.82, 2.24) is 4.98 Å². The van der Waals surface area contributed by atoms with Crippen molar-refractivity contribution in [2.45, 2.75) is 98.6 Å². The van der Waals surface area contributed by atoms with Crippen LogP contribution in [0.25, 0.3) is 22.0 Å². The fourth-order valence-corrected chi connectivity index (χ4v) is 6.57. The fourth-order valence-electron chi connectivity index (χ4n) is 6.57. The van der Waals surface area contributed by atoms with Crippen LogP contribution < -0.4 is 10.5 Å². The Bertz CT molecular complexity index is 1490. The molecular formula is C39H51FN2O2. The number of carbonyl (C=O) groups is 1. The third-order valence-corrected chi connectivity index (χ3v) is 9.53. The Kier molecular flexibility index (Phi) is 11.8. The quantitative estimate of drug-likeness (QED) is 0.188. The third kappa shape index (κ3) is 8.16. The Labute approximate surface area is 264 Å². The molecule has 4 nitrogen and oxygen atoms in total. The van der Waals surface area contributed by atoms with E-state index in [0.717, 1.165) is 73.4 Å². The number of primary amides is 1. The maximum absolute atomic E-state index is 14.5. The van der Waals surface area contributed by atoms with Gasteiger partial charge in [0.25, 0.3) is 5.91 Å². The van der Waals surface area contributed by atoms with Gasteiger partial charge in [0.05, 0.1) is 12.1 Å². The summed E-state index contributed by atoms with van der Waals surface area (Å²) in [5.41, 5.74) is 13.6. The lowest BCUT2D eigenvalue weighted by atomic mass is 9.79. The molecule has 1 heterocycles. The molecule has 5 heteroatoms. The average molecular weight is 599 g/mol. The number of carbonyl (C=O) groups excluding carboxylic acids is 1. The van der Waals surface area contributed by atoms with Gasteiger partial charge in [0.15, 0.2) is 0 Å². The summed E-state index contributed by atoms with van der Waals surface area (Å²) in [6.45, 7) is 15.2. The summed E-state index contributed by atoms with van der Waals surface area (Å²) in [5, 5.41) is 0.907. The van der Waals surface area contributed by atoms with Crippen LogP contribution in [0.1, 0.15) is 99.2 Å². The lowest BCUT2D eigenvalue weighted by Gasteiger charge is -2.29. The first-order valence-electron chi connectivity index (χ1n) is 16.5. The largest absolute Gasteiger partial charge is 0.492 e. The van der Waals surface area contributed by atoms with Crippen molar-refractivity contribution < 1.29 is 13.9 Å². The number of aryl methyl sites for hydroxylation is 2. The molecule has 4 rings (SSSR count). The van der Waals surface area contributed by atoms with Gasteiger partial charge in [0, 0.05) is 11.6 Å². The molecule has 1 aromatic heterocycles. The van der Waals surface area contributed by atoms with Gasteiger partial charge < -0.3 is 10.5 Å². The minimum absolute atomic E-state index is 0.120. The summed E-state index contributed by atoms with van der Waals surface area (Å²) in [4.78, 5) is 17.4. The minimum Gasteiger partial charge on any atom is -0.492 e. The highest BCUT2D eigenvalue weighted by Crippen LogP contribution is 2.39. The van der Waals surface area contributed by atoms with Crippen molar-refractivity contribution in [3.05, 3.63) is 83.1 Å². The van der Waals surface area contributed by atoms with E-state index in [0.29, 0.717) is 35.8 Å². The lowest BCUT2D eigenvalue weighted by molar-refractivity contribution is 0.0997. The van der Waals surface area contributed by atoms with E-state index in [1.807, 2.05) is 19.1 Å². The molecule has 0 aliphatic heterocycles. The van der Waals surface area contributed by atoms with Gasteiger partial charge in [-0.15, -0.1) is 0 Å². The van der Waals surface area contributed by atoms with E-state index in [1.165, 1.54) is 16.7 Å². The number of pyridine rings is 1. The van der Waals surface area contributed by atoms with Gasteiger partial charge in [0.1, 0.15) is 17.5 Å². The first kappa shape index (κ1) is 33.4. The number of fused-ring (bicyclic) bond motifs is 1. The topological polar surface area (TPSA) is 65.2 Å². The first-order valence-corrected chi connectivity index (χ1v) is 16.5. The third-order valence-electron chi connectivity index (χ3n) is 9.53. The van der Waals surface area contributed by atoms with Crippen LogP contribution in [0.15, 0.2) is 60.8 Å². The van der Waals surface area contributed by atoms with Crippen LogP contribution in [0.3, 0.4) is 0 Å². The van der Waals surface area contributed by atoms with E-state index in [9.17, 15) is 9.18 Å². The minimum atomic E-state index is -0.692. The van der Waals surface area contributed by atoms with Crippen LogP contribution in [-0.2, 0) is 6.42 Å². The number of allylic oxidation sites excluding steroid dienone is 3. The molecule has 0 spiro atoms. The Balaban J connectivity index is 1.64. The van der Waals surface area contributed by atoms with E-state index in [4.69, 9.17) is 10.5 Å². The van der Waals surface area contributed by atoms with E-state index in [-0.39, 0.29) is 11.8 Å². The van der Waals surface area contributed by atoms with Crippen molar-refractivity contribution >= 4 is 16.8 Å². The SMILES string of the molecule is C=C(CC)CCCC(C)COc1cc(-c2ccc(C)c(CC=CC(C)C3CCCCC3F)c2)c2c(C)ccnc2c1C(N)=O. The van der Waals surface area contributed by atoms with Crippen LogP contribution in [0.5, 0.6) is 5.75 Å². The Morgan fingerprint density at radius 2 is 1.93 bits per heavy atom. The highest BCUT2D eigenvalue weighted by Gasteiger charge is 2.28. The number of halogens is 1. The molecule has 4 unspecified atom stereocenters. The number of hydrogen-bond donors (Lipinski definition) is 1. The van der Waals surface area contributed by atoms with Crippen molar-refractivity contribution in [2.24, 2.45) is 23.5 Å². The van der Waals surface area contributed by atoms with E-state index < -0.39 is 12.1 Å². The summed E-state index contributed by atoms with van der Waals surface area (Å²) >= 11 is 0. The molecule has 0 bridgehead atoms. The average Bonchev–Trinajstić information content (AvgIpc) is 3.00. The number of nitrogens with zero attached hydrogens (tertiary/aromatic N) is 1. The number of alkyl halides is 1. The lowest BCUT2D eigenvalue weighted by Crippen LogP contribution is -2.25. The van der Waals surface area contributed by atoms with E-state index in [1.54, 1.807) is 6.20 Å². The molecule has 2 aromatic carbocycles. The predicted molar refractivity (Wildman–Crippen MR) is 182 cm³/mol. The standard InChI is InChI=1S/C39H51FN2O2/c1-7-25(2)12-10-13-26(3)24-44-35-23-33(36-29(6)20-21-42-38(36)37(35)39(41)43)31-19-18-27(4)30(22-31)15-11-14-28(5)32-16-8-9-17-34(32)40/h11,14,18-23,26,28,32,34H,2,7-10,12-13,15-17,24H2,1,3-6H3,(H2,41,43). The second kappa shape index (κ2) is 15.5. The molecule has 0 saturated heterocycles. The van der Waals surface area contributed by atoms with Crippen LogP contribution >= 0.6 is 0 Å². The van der Waals surface area contributed by atoms with Crippen LogP contribution in [0.2, 0.25) is 0 Å². The zero-order valence-electron chi connectivity index (χ0n) is 27.4. The second-order valence-corrected chi connectivity index (χ2v) is 13.0. The fraction of sp³-hybridized carbons (Fsp3) is 0.487. The number of rotatable bonds is 14. The molecule has 3 aromatic rings. The maximum atomic E-state index is 14.5. The summed E-state index contributed by atoms with van der Waals surface area (Å²) in [6.07, 6.45) is 14.1. The van der Waals surface area contributed by atoms with Gasteiger partial charge in [-0.05, 0) is 116 Å². The number of hydrogen-bond acceptors (Lipinski definition) is 3. The number of amides is 1. The normalized spacial score (nSPS) is 18.4. The molecule has 0 radical (unpaired) electrons. The summed E-state index contributed by atoms with van der Waals surface area (Å²) < 4.78 is 20.9. The molecule has 236 valence electrons. The Hall–Kier alpha value is -3.47. The zero-order chi connectivity index (χ0) is 31.8. The number of ether oxygens (including phenoxy) is 1. The highest BCUT2D eigenvalue weighted by atomic mass is 19.1. The molecule has 1 saturated carbocycles. The molecular weight excluding hydrogens is 547 g/mol. The Morgan fingerprint density at radius 1 is 1.16 bits per heavy atom. The van der Waals surface area contributed by atoms with Gasteiger partial charge in [-0.25, -0.2) is 4.39 Å². The number of aromatic nitrogens is 1. The maximum Gasteiger partial charge on any atom is 0.254 e. The van der Waals surface area contributed by atoms with Crippen LogP contribution in [0, 0.1) is 31.6 Å². The second-order valence-electron chi connectivity index (χ2n) is 13.0. The smallest absolute Gasteiger partial charge is 0.254 e. The van der Waals surface area contributed by atoms with Crippen molar-refractivity contribution in [2.75, 3.05) is 6.61 Å².